The van der Waals surface area contributed by atoms with Crippen molar-refractivity contribution in [2.45, 2.75) is 0 Å². The molecule has 7 heteroatoms. The van der Waals surface area contributed by atoms with E-state index in [1.54, 1.807) is 18.7 Å². The number of pyridine rings is 1. The Labute approximate surface area is 140 Å². The molecule has 1 fully saturated rings. The van der Waals surface area contributed by atoms with E-state index in [0.717, 1.165) is 49.2 Å². The van der Waals surface area contributed by atoms with Crippen molar-refractivity contribution in [3.8, 4) is 11.4 Å². The Morgan fingerprint density at radius 2 is 1.50 bits per heavy atom. The highest BCUT2D eigenvalue weighted by Gasteiger charge is 2.19. The van der Waals surface area contributed by atoms with Gasteiger partial charge >= 0.3 is 0 Å². The van der Waals surface area contributed by atoms with Gasteiger partial charge in [0.15, 0.2) is 5.82 Å². The first-order valence-corrected chi connectivity index (χ1v) is 7.91. The fraction of sp³-hybridized carbons (Fsp3) is 0.235. The van der Waals surface area contributed by atoms with E-state index in [4.69, 9.17) is 0 Å². The minimum atomic E-state index is 0.791. The Morgan fingerprint density at radius 3 is 2.12 bits per heavy atom. The number of rotatable bonds is 3. The zero-order chi connectivity index (χ0) is 16.2. The molecule has 3 aromatic rings. The number of aromatic nitrogens is 5. The van der Waals surface area contributed by atoms with Gasteiger partial charge in [0.05, 0.1) is 5.69 Å². The van der Waals surface area contributed by atoms with Crippen LogP contribution in [-0.2, 0) is 0 Å². The molecule has 0 N–H and O–H groups in total. The summed E-state index contributed by atoms with van der Waals surface area (Å²) in [5, 5.41) is 8.68. The van der Waals surface area contributed by atoms with E-state index >= 15 is 0 Å². The van der Waals surface area contributed by atoms with E-state index in [1.165, 1.54) is 0 Å². The summed E-state index contributed by atoms with van der Waals surface area (Å²) < 4.78 is 0. The Morgan fingerprint density at radius 1 is 0.667 bits per heavy atom. The predicted octanol–water partition coefficient (Wildman–Crippen LogP) is 1.66. The summed E-state index contributed by atoms with van der Waals surface area (Å²) in [6, 6.07) is 11.7. The van der Waals surface area contributed by atoms with Crippen molar-refractivity contribution in [2.24, 2.45) is 0 Å². The van der Waals surface area contributed by atoms with Crippen molar-refractivity contribution in [2.75, 3.05) is 36.0 Å². The van der Waals surface area contributed by atoms with Crippen molar-refractivity contribution in [1.82, 2.24) is 25.1 Å². The normalized spacial score (nSPS) is 14.7. The molecule has 0 bridgehead atoms. The maximum absolute atomic E-state index is 4.37. The number of piperazine rings is 1. The van der Waals surface area contributed by atoms with Gasteiger partial charge in [0.25, 0.3) is 0 Å². The molecule has 0 radical (unpaired) electrons. The molecule has 0 aromatic carbocycles. The second kappa shape index (κ2) is 6.57. The predicted molar refractivity (Wildman–Crippen MR) is 91.7 cm³/mol. The van der Waals surface area contributed by atoms with Gasteiger partial charge in [-0.2, -0.15) is 0 Å². The second-order valence-corrected chi connectivity index (χ2v) is 5.53. The van der Waals surface area contributed by atoms with Crippen LogP contribution in [0.15, 0.2) is 55.1 Å². The van der Waals surface area contributed by atoms with Gasteiger partial charge in [-0.1, -0.05) is 6.07 Å². The smallest absolute Gasteiger partial charge is 0.151 e. The highest BCUT2D eigenvalue weighted by molar-refractivity contribution is 5.55. The lowest BCUT2D eigenvalue weighted by atomic mass is 10.2. The first kappa shape index (κ1) is 14.5. The first-order valence-electron chi connectivity index (χ1n) is 7.91. The molecule has 0 amide bonds. The molecule has 120 valence electrons. The van der Waals surface area contributed by atoms with Gasteiger partial charge in [0.1, 0.15) is 17.8 Å². The van der Waals surface area contributed by atoms with Gasteiger partial charge in [0.2, 0.25) is 0 Å². The van der Waals surface area contributed by atoms with Gasteiger partial charge in [-0.25, -0.2) is 9.97 Å². The minimum Gasteiger partial charge on any atom is -0.353 e. The largest absolute Gasteiger partial charge is 0.353 e. The molecule has 1 aliphatic rings. The number of anilines is 2. The van der Waals surface area contributed by atoms with Crippen molar-refractivity contribution >= 4 is 11.6 Å². The lowest BCUT2D eigenvalue weighted by Crippen LogP contribution is -2.47. The molecule has 0 atom stereocenters. The Bertz CT molecular complexity index is 769. The van der Waals surface area contributed by atoms with Gasteiger partial charge < -0.3 is 9.80 Å². The van der Waals surface area contributed by atoms with Crippen LogP contribution in [0.3, 0.4) is 0 Å². The van der Waals surface area contributed by atoms with E-state index in [-0.39, 0.29) is 0 Å². The molecule has 0 aliphatic carbocycles. The maximum Gasteiger partial charge on any atom is 0.151 e. The first-order chi connectivity index (χ1) is 11.9. The van der Waals surface area contributed by atoms with Crippen molar-refractivity contribution < 1.29 is 0 Å². The number of hydrogen-bond acceptors (Lipinski definition) is 7. The van der Waals surface area contributed by atoms with E-state index in [2.05, 4.69) is 34.9 Å². The van der Waals surface area contributed by atoms with Crippen molar-refractivity contribution in [1.29, 1.82) is 0 Å². The van der Waals surface area contributed by atoms with Crippen LogP contribution in [0.4, 0.5) is 11.6 Å². The summed E-state index contributed by atoms with van der Waals surface area (Å²) >= 11 is 0. The molecule has 0 saturated carbocycles. The SMILES string of the molecule is c1ccc(-c2ccc(N3CCN(c4ccncn4)CC3)nn2)nc1. The zero-order valence-electron chi connectivity index (χ0n) is 13.2. The highest BCUT2D eigenvalue weighted by atomic mass is 15.3. The fourth-order valence-corrected chi connectivity index (χ4v) is 2.78. The van der Waals surface area contributed by atoms with Crippen LogP contribution in [0.25, 0.3) is 11.4 Å². The fourth-order valence-electron chi connectivity index (χ4n) is 2.78. The average Bonchev–Trinajstić information content (AvgIpc) is 2.70. The summed E-state index contributed by atoms with van der Waals surface area (Å²) in [6.07, 6.45) is 5.12. The second-order valence-electron chi connectivity index (χ2n) is 5.53. The Hall–Kier alpha value is -3.09. The van der Waals surface area contributed by atoms with Crippen LogP contribution in [0, 0.1) is 0 Å². The van der Waals surface area contributed by atoms with Crippen LogP contribution >= 0.6 is 0 Å². The third kappa shape index (κ3) is 3.01. The Kier molecular flexibility index (Phi) is 3.97. The van der Waals surface area contributed by atoms with E-state index in [0.29, 0.717) is 0 Å². The summed E-state index contributed by atoms with van der Waals surface area (Å²) in [4.78, 5) is 17.1. The maximum atomic E-state index is 4.37. The monoisotopic (exact) mass is 319 g/mol. The van der Waals surface area contributed by atoms with Crippen LogP contribution < -0.4 is 9.80 Å². The van der Waals surface area contributed by atoms with Crippen molar-refractivity contribution in [3.63, 3.8) is 0 Å². The average molecular weight is 319 g/mol. The molecule has 24 heavy (non-hydrogen) atoms. The quantitative estimate of drug-likeness (QED) is 0.727. The zero-order valence-corrected chi connectivity index (χ0v) is 13.2. The molecule has 1 saturated heterocycles. The topological polar surface area (TPSA) is 70.9 Å². The lowest BCUT2D eigenvalue weighted by Gasteiger charge is -2.35. The van der Waals surface area contributed by atoms with Gasteiger partial charge in [-0.15, -0.1) is 10.2 Å². The molecule has 4 rings (SSSR count). The molecule has 1 aliphatic heterocycles. The molecule has 0 spiro atoms. The summed E-state index contributed by atoms with van der Waals surface area (Å²) in [6.45, 7) is 3.59. The van der Waals surface area contributed by atoms with Crippen LogP contribution in [-0.4, -0.2) is 51.3 Å². The van der Waals surface area contributed by atoms with Crippen LogP contribution in [0.1, 0.15) is 0 Å². The van der Waals surface area contributed by atoms with E-state index < -0.39 is 0 Å². The molecule has 3 aromatic heterocycles. The molecular formula is C17H17N7. The molecule has 0 unspecified atom stereocenters. The number of nitrogens with zero attached hydrogens (tertiary/aromatic N) is 7. The molecular weight excluding hydrogens is 302 g/mol. The summed E-state index contributed by atoms with van der Waals surface area (Å²) in [5.74, 6) is 1.87. The highest BCUT2D eigenvalue weighted by Crippen LogP contribution is 2.19. The molecule has 7 nitrogen and oxygen atoms in total. The standard InChI is InChI=1S/C17H17N7/c1-2-7-19-14(3-1)15-4-5-17(22-21-15)24-11-9-23(10-12-24)16-6-8-18-13-20-16/h1-8,13H,9-12H2. The van der Waals surface area contributed by atoms with Gasteiger partial charge in [0, 0.05) is 38.6 Å². The third-order valence-electron chi connectivity index (χ3n) is 4.07. The van der Waals surface area contributed by atoms with E-state index in [1.807, 2.05) is 36.4 Å². The minimum absolute atomic E-state index is 0.791. The van der Waals surface area contributed by atoms with E-state index in [9.17, 15) is 0 Å². The van der Waals surface area contributed by atoms with Gasteiger partial charge in [-0.3, -0.25) is 4.98 Å². The third-order valence-corrected chi connectivity index (χ3v) is 4.07. The lowest BCUT2D eigenvalue weighted by molar-refractivity contribution is 0.637. The summed E-state index contributed by atoms with van der Waals surface area (Å²) in [7, 11) is 0. The molecule has 4 heterocycles. The van der Waals surface area contributed by atoms with Crippen LogP contribution in [0.5, 0.6) is 0 Å². The number of hydrogen-bond donors (Lipinski definition) is 0. The van der Waals surface area contributed by atoms with Crippen molar-refractivity contribution in [3.05, 3.63) is 55.1 Å². The van der Waals surface area contributed by atoms with Gasteiger partial charge in [-0.05, 0) is 30.3 Å². The van der Waals surface area contributed by atoms with Crippen LogP contribution in [0.2, 0.25) is 0 Å². The Balaban J connectivity index is 1.43. The summed E-state index contributed by atoms with van der Waals surface area (Å²) in [5.41, 5.74) is 1.63.